The Morgan fingerprint density at radius 1 is 1.24 bits per heavy atom. The molecule has 0 saturated heterocycles. The van der Waals surface area contributed by atoms with Crippen LogP contribution in [0.4, 0.5) is 5.69 Å². The van der Waals surface area contributed by atoms with Gasteiger partial charge in [0.25, 0.3) is 5.91 Å². The average Bonchev–Trinajstić information content (AvgIpc) is 2.88. The average molecular weight is 366 g/mol. The first-order chi connectivity index (χ1) is 11.5. The summed E-state index contributed by atoms with van der Waals surface area (Å²) in [6.45, 7) is 5.28. The van der Waals surface area contributed by atoms with Gasteiger partial charge in [0.1, 0.15) is 5.56 Å². The van der Waals surface area contributed by atoms with Gasteiger partial charge >= 0.3 is 5.97 Å². The third-order valence-electron chi connectivity index (χ3n) is 3.48. The van der Waals surface area contributed by atoms with Crippen LogP contribution in [0.25, 0.3) is 0 Å². The second-order valence-corrected chi connectivity index (χ2v) is 7.96. The third-order valence-corrected chi connectivity index (χ3v) is 4.57. The molecule has 0 aliphatic carbocycles. The number of hydrogen-bond donors (Lipinski definition) is 2. The molecule has 25 heavy (non-hydrogen) atoms. The number of hydrogen-bond acceptors (Lipinski definition) is 6. The van der Waals surface area contributed by atoms with Crippen molar-refractivity contribution in [3.63, 3.8) is 0 Å². The van der Waals surface area contributed by atoms with Crippen molar-refractivity contribution in [3.05, 3.63) is 40.8 Å². The highest BCUT2D eigenvalue weighted by molar-refractivity contribution is 7.90. The van der Waals surface area contributed by atoms with Crippen LogP contribution < -0.4 is 5.32 Å². The van der Waals surface area contributed by atoms with E-state index < -0.39 is 21.7 Å². The summed E-state index contributed by atoms with van der Waals surface area (Å²) >= 11 is 0. The van der Waals surface area contributed by atoms with Crippen molar-refractivity contribution in [3.8, 4) is 0 Å². The highest BCUT2D eigenvalue weighted by Crippen LogP contribution is 2.25. The van der Waals surface area contributed by atoms with E-state index in [1.165, 1.54) is 12.1 Å². The molecule has 134 valence electrons. The highest BCUT2D eigenvalue weighted by atomic mass is 32.2. The summed E-state index contributed by atoms with van der Waals surface area (Å²) in [7, 11) is -3.65. The molecule has 1 aromatic carbocycles. The van der Waals surface area contributed by atoms with E-state index in [4.69, 9.17) is 9.63 Å². The van der Waals surface area contributed by atoms with Crippen molar-refractivity contribution in [2.45, 2.75) is 31.6 Å². The van der Waals surface area contributed by atoms with Crippen molar-refractivity contribution < 1.29 is 27.6 Å². The largest absolute Gasteiger partial charge is 0.478 e. The predicted molar refractivity (Wildman–Crippen MR) is 89.8 cm³/mol. The van der Waals surface area contributed by atoms with E-state index in [-0.39, 0.29) is 27.6 Å². The monoisotopic (exact) mass is 366 g/mol. The van der Waals surface area contributed by atoms with Crippen molar-refractivity contribution in [1.29, 1.82) is 0 Å². The van der Waals surface area contributed by atoms with E-state index in [0.717, 1.165) is 12.3 Å². The summed E-state index contributed by atoms with van der Waals surface area (Å²) in [6, 6.07) is 3.43. The first-order valence-corrected chi connectivity index (χ1v) is 9.25. The molecule has 0 unspecified atom stereocenters. The maximum Gasteiger partial charge on any atom is 0.335 e. The molecule has 2 N–H and O–H groups in total. The maximum absolute atomic E-state index is 12.6. The number of benzene rings is 1. The Kier molecular flexibility index (Phi) is 4.98. The molecule has 1 aromatic heterocycles. The molecule has 1 amide bonds. The summed E-state index contributed by atoms with van der Waals surface area (Å²) in [5, 5.41) is 15.4. The van der Waals surface area contributed by atoms with E-state index in [0.29, 0.717) is 11.5 Å². The number of amides is 1. The smallest absolute Gasteiger partial charge is 0.335 e. The summed E-state index contributed by atoms with van der Waals surface area (Å²) in [5.74, 6) is -1.54. The fraction of sp³-hybridized carbons (Fsp3) is 0.312. The molecule has 0 radical (unpaired) electrons. The first kappa shape index (κ1) is 18.7. The highest BCUT2D eigenvalue weighted by Gasteiger charge is 2.23. The number of sulfone groups is 1. The molecular formula is C16H18N2O6S. The number of nitrogens with zero attached hydrogens (tertiary/aromatic N) is 1. The van der Waals surface area contributed by atoms with Crippen LogP contribution in [-0.2, 0) is 9.84 Å². The standard InChI is InChI=1S/C16H18N2O6S/c1-8(2)14-13(9(3)18-24-14)15(19)17-11-5-10(16(20)21)6-12(7-11)25(4,22)23/h5-8H,1-4H3,(H,17,19)(H,20,21). The van der Waals surface area contributed by atoms with Gasteiger partial charge in [-0.25, -0.2) is 13.2 Å². The Hall–Kier alpha value is -2.68. The Balaban J connectivity index is 2.47. The number of carbonyl (C=O) groups is 2. The van der Waals surface area contributed by atoms with Gasteiger partial charge in [0, 0.05) is 17.9 Å². The molecule has 0 fully saturated rings. The topological polar surface area (TPSA) is 127 Å². The van der Waals surface area contributed by atoms with Gasteiger partial charge in [-0.1, -0.05) is 19.0 Å². The van der Waals surface area contributed by atoms with Gasteiger partial charge in [-0.3, -0.25) is 4.79 Å². The number of anilines is 1. The van der Waals surface area contributed by atoms with Crippen LogP contribution in [0.2, 0.25) is 0 Å². The Bertz CT molecular complexity index is 944. The summed E-state index contributed by atoms with van der Waals surface area (Å²) < 4.78 is 28.6. The van der Waals surface area contributed by atoms with E-state index in [1.807, 2.05) is 13.8 Å². The van der Waals surface area contributed by atoms with Gasteiger partial charge < -0.3 is 14.9 Å². The van der Waals surface area contributed by atoms with Gasteiger partial charge in [0.2, 0.25) is 0 Å². The maximum atomic E-state index is 12.6. The zero-order valence-corrected chi connectivity index (χ0v) is 15.0. The molecule has 1 heterocycles. The lowest BCUT2D eigenvalue weighted by Gasteiger charge is -2.10. The minimum atomic E-state index is -3.65. The molecule has 2 rings (SSSR count). The predicted octanol–water partition coefficient (Wildman–Crippen LogP) is 2.46. The Morgan fingerprint density at radius 2 is 1.88 bits per heavy atom. The SMILES string of the molecule is Cc1noc(C(C)C)c1C(=O)Nc1cc(C(=O)O)cc(S(C)(=O)=O)c1. The van der Waals surface area contributed by atoms with E-state index in [9.17, 15) is 18.0 Å². The fourth-order valence-corrected chi connectivity index (χ4v) is 2.94. The van der Waals surface area contributed by atoms with Crippen LogP contribution in [0.5, 0.6) is 0 Å². The number of carbonyl (C=O) groups excluding carboxylic acids is 1. The van der Waals surface area contributed by atoms with E-state index in [1.54, 1.807) is 6.92 Å². The second kappa shape index (κ2) is 6.67. The van der Waals surface area contributed by atoms with Crippen LogP contribution in [0, 0.1) is 6.92 Å². The van der Waals surface area contributed by atoms with Crippen molar-refractivity contribution >= 4 is 27.4 Å². The van der Waals surface area contributed by atoms with Crippen molar-refractivity contribution in [1.82, 2.24) is 5.16 Å². The van der Waals surface area contributed by atoms with Crippen LogP contribution in [0.15, 0.2) is 27.6 Å². The van der Waals surface area contributed by atoms with Gasteiger partial charge in [0.05, 0.1) is 16.2 Å². The lowest BCUT2D eigenvalue weighted by molar-refractivity contribution is 0.0696. The number of carboxylic acids is 1. The summed E-state index contributed by atoms with van der Waals surface area (Å²) in [6.07, 6.45) is 0.959. The third kappa shape index (κ3) is 4.05. The zero-order chi connectivity index (χ0) is 18.9. The number of rotatable bonds is 5. The number of carboxylic acid groups (broad SMARTS) is 1. The Labute approximate surface area is 144 Å². The molecule has 0 saturated carbocycles. The first-order valence-electron chi connectivity index (χ1n) is 7.36. The summed E-state index contributed by atoms with van der Waals surface area (Å²) in [5.41, 5.74) is 0.445. The van der Waals surface area contributed by atoms with Gasteiger partial charge in [0.15, 0.2) is 15.6 Å². The summed E-state index contributed by atoms with van der Waals surface area (Å²) in [4.78, 5) is 23.6. The van der Waals surface area contributed by atoms with Crippen LogP contribution >= 0.6 is 0 Å². The number of aromatic nitrogens is 1. The fourth-order valence-electron chi connectivity index (χ4n) is 2.26. The van der Waals surface area contributed by atoms with E-state index >= 15 is 0 Å². The number of nitrogens with one attached hydrogen (secondary N) is 1. The van der Waals surface area contributed by atoms with Crippen molar-refractivity contribution in [2.24, 2.45) is 0 Å². The molecule has 0 bridgehead atoms. The quantitative estimate of drug-likeness (QED) is 0.832. The van der Waals surface area contributed by atoms with Crippen LogP contribution in [0.1, 0.15) is 51.9 Å². The molecule has 8 nitrogen and oxygen atoms in total. The molecule has 2 aromatic rings. The minimum Gasteiger partial charge on any atom is -0.478 e. The van der Waals surface area contributed by atoms with Crippen LogP contribution in [-0.4, -0.2) is 36.8 Å². The molecule has 0 aliphatic heterocycles. The molecule has 0 atom stereocenters. The van der Waals surface area contributed by atoms with E-state index in [2.05, 4.69) is 10.5 Å². The minimum absolute atomic E-state index is 0.0561. The molecule has 0 aliphatic rings. The zero-order valence-electron chi connectivity index (χ0n) is 14.2. The van der Waals surface area contributed by atoms with Gasteiger partial charge in [-0.15, -0.1) is 0 Å². The molecule has 9 heteroatoms. The van der Waals surface area contributed by atoms with Crippen molar-refractivity contribution in [2.75, 3.05) is 11.6 Å². The number of aryl methyl sites for hydroxylation is 1. The molecular weight excluding hydrogens is 348 g/mol. The lowest BCUT2D eigenvalue weighted by Crippen LogP contribution is -2.16. The second-order valence-electron chi connectivity index (χ2n) is 5.94. The van der Waals surface area contributed by atoms with Gasteiger partial charge in [-0.2, -0.15) is 0 Å². The normalized spacial score (nSPS) is 11.6. The molecule has 0 spiro atoms. The van der Waals surface area contributed by atoms with Crippen LogP contribution in [0.3, 0.4) is 0 Å². The number of aromatic carboxylic acids is 1. The Morgan fingerprint density at radius 3 is 2.40 bits per heavy atom. The lowest BCUT2D eigenvalue weighted by atomic mass is 10.0. The van der Waals surface area contributed by atoms with Gasteiger partial charge in [-0.05, 0) is 25.1 Å².